The van der Waals surface area contributed by atoms with Crippen LogP contribution in [0.3, 0.4) is 0 Å². The third-order valence-electron chi connectivity index (χ3n) is 5.32. The average molecular weight is 470 g/mol. The van der Waals surface area contributed by atoms with Crippen LogP contribution in [0.2, 0.25) is 0 Å². The van der Waals surface area contributed by atoms with E-state index < -0.39 is 10.8 Å². The summed E-state index contributed by atoms with van der Waals surface area (Å²) in [5.74, 6) is 0.280. The van der Waals surface area contributed by atoms with Crippen molar-refractivity contribution >= 4 is 17.3 Å². The minimum absolute atomic E-state index is 0.0126. The fourth-order valence-corrected chi connectivity index (χ4v) is 3.24. The second kappa shape index (κ2) is 10.4. The molecule has 0 spiro atoms. The van der Waals surface area contributed by atoms with E-state index in [0.717, 1.165) is 16.9 Å². The standard InChI is InChI=1S/C26H23N5O4/c1-17-3-5-19(6-4-17)16-35-23-13-9-21(10-14-23)24-15-25(29-28-24)26(32)30-27-18(2)20-7-11-22(12-8-20)31(33)34/h3-15H,16H2,1-2H3,(H,28,29)(H,30,32)/b27-18+. The molecular formula is C26H23N5O4. The van der Waals surface area contributed by atoms with Crippen LogP contribution in [0, 0.1) is 17.0 Å². The molecular weight excluding hydrogens is 446 g/mol. The fourth-order valence-electron chi connectivity index (χ4n) is 3.24. The van der Waals surface area contributed by atoms with Crippen molar-refractivity contribution in [3.8, 4) is 17.0 Å². The van der Waals surface area contributed by atoms with E-state index in [4.69, 9.17) is 4.74 Å². The second-order valence-corrected chi connectivity index (χ2v) is 7.91. The van der Waals surface area contributed by atoms with Crippen molar-refractivity contribution in [2.45, 2.75) is 20.5 Å². The highest BCUT2D eigenvalue weighted by molar-refractivity contribution is 6.00. The Balaban J connectivity index is 1.35. The first-order valence-corrected chi connectivity index (χ1v) is 10.8. The lowest BCUT2D eigenvalue weighted by atomic mass is 10.1. The van der Waals surface area contributed by atoms with Gasteiger partial charge in [0.15, 0.2) is 0 Å². The minimum atomic E-state index is -0.472. The third-order valence-corrected chi connectivity index (χ3v) is 5.32. The Kier molecular flexibility index (Phi) is 6.96. The van der Waals surface area contributed by atoms with Gasteiger partial charge in [-0.3, -0.25) is 20.0 Å². The molecule has 0 aliphatic heterocycles. The number of H-pyrrole nitrogens is 1. The smallest absolute Gasteiger partial charge is 0.289 e. The van der Waals surface area contributed by atoms with E-state index in [1.54, 1.807) is 25.1 Å². The Morgan fingerprint density at radius 1 is 1.06 bits per heavy atom. The normalized spacial score (nSPS) is 11.2. The van der Waals surface area contributed by atoms with Gasteiger partial charge in [0.1, 0.15) is 18.1 Å². The number of hydrogen-bond acceptors (Lipinski definition) is 6. The van der Waals surface area contributed by atoms with Gasteiger partial charge in [-0.25, -0.2) is 5.43 Å². The lowest BCUT2D eigenvalue weighted by molar-refractivity contribution is -0.384. The summed E-state index contributed by atoms with van der Waals surface area (Å²) in [5.41, 5.74) is 7.60. The molecule has 0 bridgehead atoms. The molecule has 4 rings (SSSR count). The van der Waals surface area contributed by atoms with Gasteiger partial charge >= 0.3 is 0 Å². The number of aromatic amines is 1. The quantitative estimate of drug-likeness (QED) is 0.213. The largest absolute Gasteiger partial charge is 0.489 e. The topological polar surface area (TPSA) is 123 Å². The first-order valence-electron chi connectivity index (χ1n) is 10.8. The maximum absolute atomic E-state index is 12.5. The molecule has 0 unspecified atom stereocenters. The Bertz CT molecular complexity index is 1360. The van der Waals surface area contributed by atoms with E-state index >= 15 is 0 Å². The Labute approximate surface area is 201 Å². The lowest BCUT2D eigenvalue weighted by Crippen LogP contribution is -2.19. The van der Waals surface area contributed by atoms with Crippen molar-refractivity contribution in [1.82, 2.24) is 15.6 Å². The van der Waals surface area contributed by atoms with Crippen LogP contribution in [0.1, 0.15) is 34.1 Å². The number of hydrazone groups is 1. The zero-order valence-electron chi connectivity index (χ0n) is 19.2. The number of carbonyl (C=O) groups excluding carboxylic acids is 1. The van der Waals surface area contributed by atoms with Crippen molar-refractivity contribution in [3.63, 3.8) is 0 Å². The van der Waals surface area contributed by atoms with E-state index in [1.807, 2.05) is 43.3 Å². The maximum atomic E-state index is 12.5. The van der Waals surface area contributed by atoms with Gasteiger partial charge < -0.3 is 4.74 Å². The summed E-state index contributed by atoms with van der Waals surface area (Å²) in [6.45, 7) is 4.22. The van der Waals surface area contributed by atoms with Crippen molar-refractivity contribution in [1.29, 1.82) is 0 Å². The highest BCUT2D eigenvalue weighted by atomic mass is 16.6. The number of carbonyl (C=O) groups is 1. The summed E-state index contributed by atoms with van der Waals surface area (Å²) in [6.07, 6.45) is 0. The molecule has 35 heavy (non-hydrogen) atoms. The number of aryl methyl sites for hydroxylation is 1. The monoisotopic (exact) mass is 469 g/mol. The Morgan fingerprint density at radius 2 is 1.74 bits per heavy atom. The molecule has 0 radical (unpaired) electrons. The van der Waals surface area contributed by atoms with Gasteiger partial charge in [0.2, 0.25) is 0 Å². The molecule has 176 valence electrons. The zero-order chi connectivity index (χ0) is 24.8. The van der Waals surface area contributed by atoms with Gasteiger partial charge in [0, 0.05) is 17.7 Å². The molecule has 0 fully saturated rings. The predicted molar refractivity (Wildman–Crippen MR) is 132 cm³/mol. The van der Waals surface area contributed by atoms with E-state index in [9.17, 15) is 14.9 Å². The van der Waals surface area contributed by atoms with Crippen LogP contribution in [0.15, 0.2) is 84.0 Å². The number of nitro benzene ring substituents is 1. The number of amides is 1. The van der Waals surface area contributed by atoms with Crippen LogP contribution in [0.25, 0.3) is 11.3 Å². The summed E-state index contributed by atoms with van der Waals surface area (Å²) in [5, 5.41) is 21.8. The van der Waals surface area contributed by atoms with Gasteiger partial charge in [-0.05, 0) is 67.4 Å². The summed E-state index contributed by atoms with van der Waals surface area (Å²) in [6, 6.07) is 23.2. The second-order valence-electron chi connectivity index (χ2n) is 7.91. The summed E-state index contributed by atoms with van der Waals surface area (Å²) in [7, 11) is 0. The molecule has 9 heteroatoms. The molecule has 9 nitrogen and oxygen atoms in total. The predicted octanol–water partition coefficient (Wildman–Crippen LogP) is 5.03. The Morgan fingerprint density at radius 3 is 2.40 bits per heavy atom. The van der Waals surface area contributed by atoms with Crippen molar-refractivity contribution in [2.75, 3.05) is 0 Å². The van der Waals surface area contributed by atoms with E-state index in [1.165, 1.54) is 17.7 Å². The minimum Gasteiger partial charge on any atom is -0.489 e. The average Bonchev–Trinajstić information content (AvgIpc) is 3.37. The van der Waals surface area contributed by atoms with Gasteiger partial charge in [-0.2, -0.15) is 10.2 Å². The number of hydrogen-bond donors (Lipinski definition) is 2. The number of nitro groups is 1. The number of non-ortho nitro benzene ring substituents is 1. The molecule has 0 saturated carbocycles. The highest BCUT2D eigenvalue weighted by Crippen LogP contribution is 2.22. The first kappa shape index (κ1) is 23.4. The van der Waals surface area contributed by atoms with Crippen molar-refractivity contribution < 1.29 is 14.5 Å². The summed E-state index contributed by atoms with van der Waals surface area (Å²) < 4.78 is 5.83. The number of nitrogens with one attached hydrogen (secondary N) is 2. The molecule has 1 heterocycles. The van der Waals surface area contributed by atoms with Gasteiger partial charge in [0.05, 0.1) is 16.3 Å². The van der Waals surface area contributed by atoms with E-state index in [0.29, 0.717) is 23.6 Å². The molecule has 0 saturated heterocycles. The van der Waals surface area contributed by atoms with Crippen LogP contribution in [-0.4, -0.2) is 26.7 Å². The zero-order valence-corrected chi connectivity index (χ0v) is 19.2. The number of benzene rings is 3. The molecule has 3 aromatic carbocycles. The van der Waals surface area contributed by atoms with Crippen LogP contribution in [0.4, 0.5) is 5.69 Å². The van der Waals surface area contributed by atoms with Gasteiger partial charge in [-0.1, -0.05) is 29.8 Å². The van der Waals surface area contributed by atoms with Crippen LogP contribution < -0.4 is 10.2 Å². The SMILES string of the molecule is C/C(=N\NC(=O)c1cc(-c2ccc(OCc3ccc(C)cc3)cc2)n[nH]1)c1ccc([N+](=O)[O-])cc1. The number of rotatable bonds is 8. The lowest BCUT2D eigenvalue weighted by Gasteiger charge is -2.07. The number of ether oxygens (including phenoxy) is 1. The van der Waals surface area contributed by atoms with E-state index in [2.05, 4.69) is 32.9 Å². The van der Waals surface area contributed by atoms with Crippen molar-refractivity contribution in [3.05, 3.63) is 111 Å². The molecule has 1 aromatic heterocycles. The van der Waals surface area contributed by atoms with Crippen LogP contribution in [0.5, 0.6) is 5.75 Å². The number of nitrogens with zero attached hydrogens (tertiary/aromatic N) is 3. The van der Waals surface area contributed by atoms with Gasteiger partial charge in [-0.15, -0.1) is 0 Å². The molecule has 4 aromatic rings. The molecule has 0 atom stereocenters. The first-order chi connectivity index (χ1) is 16.9. The van der Waals surface area contributed by atoms with Crippen molar-refractivity contribution in [2.24, 2.45) is 5.10 Å². The molecule has 2 N–H and O–H groups in total. The molecule has 0 aliphatic rings. The molecule has 0 aliphatic carbocycles. The fraction of sp³-hybridized carbons (Fsp3) is 0.115. The van der Waals surface area contributed by atoms with Gasteiger partial charge in [0.25, 0.3) is 11.6 Å². The Hall–Kier alpha value is -4.79. The summed E-state index contributed by atoms with van der Waals surface area (Å²) >= 11 is 0. The summed E-state index contributed by atoms with van der Waals surface area (Å²) in [4.78, 5) is 22.8. The van der Waals surface area contributed by atoms with Crippen LogP contribution >= 0.6 is 0 Å². The molecule has 1 amide bonds. The van der Waals surface area contributed by atoms with E-state index in [-0.39, 0.29) is 11.4 Å². The van der Waals surface area contributed by atoms with Crippen LogP contribution in [-0.2, 0) is 6.61 Å². The third kappa shape index (κ3) is 5.97. The maximum Gasteiger partial charge on any atom is 0.289 e. The highest BCUT2D eigenvalue weighted by Gasteiger charge is 2.12. The number of aromatic nitrogens is 2.